The highest BCUT2D eigenvalue weighted by molar-refractivity contribution is 6.27. The predicted molar refractivity (Wildman–Crippen MR) is 89.5 cm³/mol. The highest BCUT2D eigenvalue weighted by atomic mass is 16.4. The van der Waals surface area contributed by atoms with E-state index in [0.717, 1.165) is 35.9 Å². The van der Waals surface area contributed by atoms with Crippen molar-refractivity contribution >= 4 is 28.5 Å². The van der Waals surface area contributed by atoms with E-state index in [9.17, 15) is 0 Å². The quantitative estimate of drug-likeness (QED) is 0.750. The molecule has 0 saturated heterocycles. The molecule has 2 rings (SSSR count). The molecule has 6 heteroatoms. The van der Waals surface area contributed by atoms with Crippen LogP contribution in [0.25, 0.3) is 10.9 Å². The number of hydrogen-bond donors (Lipinski definition) is 3. The summed E-state index contributed by atoms with van der Waals surface area (Å²) in [6.45, 7) is 6.41. The number of carbonyl (C=O) groups is 2. The van der Waals surface area contributed by atoms with Crippen LogP contribution >= 0.6 is 0 Å². The second-order valence-corrected chi connectivity index (χ2v) is 5.19. The minimum atomic E-state index is -1.82. The Bertz CT molecular complexity index is 714. The van der Waals surface area contributed by atoms with Crippen LogP contribution in [0.5, 0.6) is 0 Å². The highest BCUT2D eigenvalue weighted by Gasteiger charge is 2.10. The largest absolute Gasteiger partial charge is 0.473 e. The number of aromatic nitrogens is 1. The Morgan fingerprint density at radius 2 is 1.78 bits per heavy atom. The van der Waals surface area contributed by atoms with Crippen LogP contribution in [-0.4, -0.2) is 27.1 Å². The van der Waals surface area contributed by atoms with Gasteiger partial charge in [0.05, 0.1) is 5.52 Å². The van der Waals surface area contributed by atoms with E-state index in [0.29, 0.717) is 0 Å². The van der Waals surface area contributed by atoms with E-state index in [-0.39, 0.29) is 0 Å². The smallest absolute Gasteiger partial charge is 0.414 e. The van der Waals surface area contributed by atoms with Gasteiger partial charge in [0.25, 0.3) is 0 Å². The molecule has 0 amide bonds. The number of nitrogens with two attached hydrogens (primary N) is 1. The van der Waals surface area contributed by atoms with Crippen molar-refractivity contribution in [1.29, 1.82) is 0 Å². The van der Waals surface area contributed by atoms with Crippen molar-refractivity contribution < 1.29 is 19.8 Å². The van der Waals surface area contributed by atoms with Gasteiger partial charge in [0.1, 0.15) is 0 Å². The monoisotopic (exact) mass is 318 g/mol. The number of carboxylic acids is 2. The Labute approximate surface area is 135 Å². The van der Waals surface area contributed by atoms with Crippen LogP contribution in [0.1, 0.15) is 37.1 Å². The van der Waals surface area contributed by atoms with E-state index in [1.807, 2.05) is 0 Å². The molecule has 0 fully saturated rings. The summed E-state index contributed by atoms with van der Waals surface area (Å²) < 4.78 is 0. The molecule has 0 aliphatic rings. The fraction of sp³-hybridized carbons (Fsp3) is 0.353. The number of aliphatic carboxylic acids is 2. The standard InChI is InChI=1S/C15H20N2.C2H2O4/c1-4-6-13-11(5-2)15(16)12-9-10(3)7-8-14(12)17-13;3-1(4)2(5)6/h7-9H,4-6H2,1-3H3,(H2,16,17);(H,3,4)(H,5,6). The molecule has 2 aromatic rings. The molecule has 0 unspecified atom stereocenters. The van der Waals surface area contributed by atoms with Gasteiger partial charge in [-0.05, 0) is 37.5 Å². The molecule has 4 N–H and O–H groups in total. The summed E-state index contributed by atoms with van der Waals surface area (Å²) in [4.78, 5) is 23.0. The average molecular weight is 318 g/mol. The minimum absolute atomic E-state index is 0.921. The van der Waals surface area contributed by atoms with Crippen molar-refractivity contribution in [3.8, 4) is 0 Å². The molecular formula is C17H22N2O4. The summed E-state index contributed by atoms with van der Waals surface area (Å²) in [5.74, 6) is -3.65. The maximum Gasteiger partial charge on any atom is 0.414 e. The van der Waals surface area contributed by atoms with Gasteiger partial charge >= 0.3 is 11.9 Å². The van der Waals surface area contributed by atoms with Crippen LogP contribution in [0.15, 0.2) is 18.2 Å². The van der Waals surface area contributed by atoms with Crippen LogP contribution in [-0.2, 0) is 22.4 Å². The topological polar surface area (TPSA) is 114 Å². The van der Waals surface area contributed by atoms with E-state index in [4.69, 9.17) is 30.5 Å². The number of aryl methyl sites for hydroxylation is 2. The van der Waals surface area contributed by atoms with Gasteiger partial charge in [-0.15, -0.1) is 0 Å². The Morgan fingerprint density at radius 1 is 1.17 bits per heavy atom. The van der Waals surface area contributed by atoms with E-state index in [1.54, 1.807) is 0 Å². The normalized spacial score (nSPS) is 10.0. The van der Waals surface area contributed by atoms with Crippen molar-refractivity contribution in [2.24, 2.45) is 0 Å². The van der Waals surface area contributed by atoms with Crippen LogP contribution in [0, 0.1) is 6.92 Å². The molecule has 0 atom stereocenters. The maximum atomic E-state index is 9.10. The zero-order valence-corrected chi connectivity index (χ0v) is 13.6. The number of rotatable bonds is 3. The van der Waals surface area contributed by atoms with Crippen molar-refractivity contribution in [3.05, 3.63) is 35.0 Å². The first kappa shape index (κ1) is 18.4. The summed E-state index contributed by atoms with van der Waals surface area (Å²) in [6, 6.07) is 6.29. The van der Waals surface area contributed by atoms with Gasteiger partial charge in [-0.3, -0.25) is 4.98 Å². The Kier molecular flexibility index (Phi) is 6.50. The van der Waals surface area contributed by atoms with Crippen molar-refractivity contribution in [1.82, 2.24) is 4.98 Å². The van der Waals surface area contributed by atoms with Crippen LogP contribution in [0.2, 0.25) is 0 Å². The number of hydrogen-bond acceptors (Lipinski definition) is 4. The summed E-state index contributed by atoms with van der Waals surface area (Å²) in [5, 5.41) is 15.9. The number of nitrogen functional groups attached to an aromatic ring is 1. The van der Waals surface area contributed by atoms with Crippen LogP contribution in [0.3, 0.4) is 0 Å². The summed E-state index contributed by atoms with van der Waals surface area (Å²) >= 11 is 0. The lowest BCUT2D eigenvalue weighted by atomic mass is 10.0. The molecule has 1 aromatic carbocycles. The third kappa shape index (κ3) is 4.67. The van der Waals surface area contributed by atoms with Crippen molar-refractivity contribution in [2.75, 3.05) is 5.73 Å². The second-order valence-electron chi connectivity index (χ2n) is 5.19. The lowest BCUT2D eigenvalue weighted by Crippen LogP contribution is -2.09. The summed E-state index contributed by atoms with van der Waals surface area (Å²) in [5.41, 5.74) is 11.9. The number of benzene rings is 1. The molecule has 0 aliphatic carbocycles. The molecule has 6 nitrogen and oxygen atoms in total. The first-order chi connectivity index (χ1) is 10.8. The third-order valence-corrected chi connectivity index (χ3v) is 3.39. The van der Waals surface area contributed by atoms with Gasteiger partial charge in [-0.1, -0.05) is 31.9 Å². The first-order valence-corrected chi connectivity index (χ1v) is 7.45. The van der Waals surface area contributed by atoms with E-state index in [1.165, 1.54) is 16.8 Å². The lowest BCUT2D eigenvalue weighted by molar-refractivity contribution is -0.159. The Morgan fingerprint density at radius 3 is 2.26 bits per heavy atom. The molecule has 1 heterocycles. The Hall–Kier alpha value is -2.63. The second kappa shape index (κ2) is 8.12. The zero-order valence-electron chi connectivity index (χ0n) is 13.6. The molecular weight excluding hydrogens is 296 g/mol. The molecule has 0 saturated carbocycles. The lowest BCUT2D eigenvalue weighted by Gasteiger charge is -2.13. The summed E-state index contributed by atoms with van der Waals surface area (Å²) in [6.07, 6.45) is 3.08. The summed E-state index contributed by atoms with van der Waals surface area (Å²) in [7, 11) is 0. The fourth-order valence-corrected chi connectivity index (χ4v) is 2.33. The molecule has 23 heavy (non-hydrogen) atoms. The molecule has 0 spiro atoms. The van der Waals surface area contributed by atoms with Gasteiger partial charge in [0, 0.05) is 16.8 Å². The van der Waals surface area contributed by atoms with Crippen LogP contribution in [0.4, 0.5) is 5.69 Å². The SMILES string of the molecule is CCCc1nc2ccc(C)cc2c(N)c1CC.O=C(O)C(=O)O. The predicted octanol–water partition coefficient (Wildman–Crippen LogP) is 2.80. The molecule has 0 aliphatic heterocycles. The van der Waals surface area contributed by atoms with Crippen LogP contribution < -0.4 is 5.73 Å². The van der Waals surface area contributed by atoms with Crippen molar-refractivity contribution in [2.45, 2.75) is 40.0 Å². The van der Waals surface area contributed by atoms with Gasteiger partial charge in [-0.2, -0.15) is 0 Å². The molecule has 1 aromatic heterocycles. The van der Waals surface area contributed by atoms with Gasteiger partial charge in [0.2, 0.25) is 0 Å². The molecule has 0 radical (unpaired) electrons. The van der Waals surface area contributed by atoms with E-state index in [2.05, 4.69) is 39.0 Å². The zero-order chi connectivity index (χ0) is 17.6. The van der Waals surface area contributed by atoms with E-state index >= 15 is 0 Å². The highest BCUT2D eigenvalue weighted by Crippen LogP contribution is 2.27. The molecule has 0 bridgehead atoms. The number of anilines is 1. The third-order valence-electron chi connectivity index (χ3n) is 3.39. The van der Waals surface area contributed by atoms with Gasteiger partial charge in [-0.25, -0.2) is 9.59 Å². The Balaban J connectivity index is 0.000000379. The van der Waals surface area contributed by atoms with Crippen molar-refractivity contribution in [3.63, 3.8) is 0 Å². The number of fused-ring (bicyclic) bond motifs is 1. The first-order valence-electron chi connectivity index (χ1n) is 7.45. The van der Waals surface area contributed by atoms with Gasteiger partial charge < -0.3 is 15.9 Å². The number of pyridine rings is 1. The average Bonchev–Trinajstić information content (AvgIpc) is 2.49. The fourth-order valence-electron chi connectivity index (χ4n) is 2.33. The minimum Gasteiger partial charge on any atom is -0.473 e. The van der Waals surface area contributed by atoms with E-state index < -0.39 is 11.9 Å². The number of carboxylic acid groups (broad SMARTS) is 2. The van der Waals surface area contributed by atoms with Gasteiger partial charge in [0.15, 0.2) is 0 Å². The maximum absolute atomic E-state index is 9.10. The number of nitrogens with zero attached hydrogens (tertiary/aromatic N) is 1. The molecule has 124 valence electrons.